The van der Waals surface area contributed by atoms with Crippen molar-refractivity contribution in [2.24, 2.45) is 0 Å². The molecule has 0 fully saturated rings. The van der Waals surface area contributed by atoms with E-state index in [1.54, 1.807) is 12.1 Å². The lowest BCUT2D eigenvalue weighted by molar-refractivity contribution is 0.146. The smallest absolute Gasteiger partial charge is 0.250 e. The maximum absolute atomic E-state index is 11.7. The fourth-order valence-electron chi connectivity index (χ4n) is 1.09. The van der Waals surface area contributed by atoms with Crippen molar-refractivity contribution in [2.45, 2.75) is 12.8 Å². The number of benzene rings is 1. The molecule has 1 nitrogen and oxygen atoms in total. The van der Waals surface area contributed by atoms with E-state index in [-0.39, 0.29) is 6.54 Å². The fourth-order valence-corrected chi connectivity index (χ4v) is 1.22. The lowest BCUT2D eigenvalue weighted by atomic mass is 10.1. The van der Waals surface area contributed by atoms with E-state index in [1.165, 1.54) is 0 Å². The Balaban J connectivity index is 2.21. The minimum Gasteiger partial charge on any atom is -0.311 e. The summed E-state index contributed by atoms with van der Waals surface area (Å²) in [6, 6.07) is 7.38. The summed E-state index contributed by atoms with van der Waals surface area (Å²) in [4.78, 5) is 0. The molecule has 78 valence electrons. The third-order valence-electron chi connectivity index (χ3n) is 1.80. The van der Waals surface area contributed by atoms with Crippen LogP contribution in [-0.4, -0.2) is 19.5 Å². The number of hydrogen-bond donors (Lipinski definition) is 1. The van der Waals surface area contributed by atoms with Crippen molar-refractivity contribution < 1.29 is 8.78 Å². The summed E-state index contributed by atoms with van der Waals surface area (Å²) in [7, 11) is 0. The summed E-state index contributed by atoms with van der Waals surface area (Å²) in [6.07, 6.45) is -1.54. The molecule has 0 heterocycles. The zero-order valence-corrected chi connectivity index (χ0v) is 8.40. The first kappa shape index (κ1) is 11.4. The molecule has 14 heavy (non-hydrogen) atoms. The Labute approximate surface area is 87.1 Å². The Morgan fingerprint density at radius 3 is 2.43 bits per heavy atom. The van der Waals surface area contributed by atoms with Crippen LogP contribution in [0.2, 0.25) is 5.02 Å². The average Bonchev–Trinajstić information content (AvgIpc) is 2.15. The van der Waals surface area contributed by atoms with Crippen LogP contribution in [0.5, 0.6) is 0 Å². The summed E-state index contributed by atoms with van der Waals surface area (Å²) < 4.78 is 23.5. The normalized spacial score (nSPS) is 10.9. The van der Waals surface area contributed by atoms with Gasteiger partial charge in [0.05, 0.1) is 6.54 Å². The molecular weight excluding hydrogens is 208 g/mol. The summed E-state index contributed by atoms with van der Waals surface area (Å²) in [5, 5.41) is 3.35. The topological polar surface area (TPSA) is 12.0 Å². The molecule has 1 N–H and O–H groups in total. The van der Waals surface area contributed by atoms with Crippen LogP contribution in [0.15, 0.2) is 24.3 Å². The molecular formula is C10H12ClF2N. The van der Waals surface area contributed by atoms with E-state index in [0.29, 0.717) is 11.6 Å². The second-order valence-corrected chi connectivity index (χ2v) is 3.41. The highest BCUT2D eigenvalue weighted by Gasteiger charge is 2.00. The van der Waals surface area contributed by atoms with Crippen LogP contribution in [0.1, 0.15) is 5.56 Å². The maximum atomic E-state index is 11.7. The Morgan fingerprint density at radius 2 is 1.86 bits per heavy atom. The number of rotatable bonds is 5. The molecule has 0 saturated heterocycles. The highest BCUT2D eigenvalue weighted by molar-refractivity contribution is 6.30. The zero-order valence-electron chi connectivity index (χ0n) is 7.64. The lowest BCUT2D eigenvalue weighted by Crippen LogP contribution is -2.23. The van der Waals surface area contributed by atoms with E-state index in [9.17, 15) is 8.78 Å². The van der Waals surface area contributed by atoms with Gasteiger partial charge in [0.25, 0.3) is 6.43 Å². The van der Waals surface area contributed by atoms with Crippen molar-refractivity contribution >= 4 is 11.6 Å². The first-order valence-electron chi connectivity index (χ1n) is 4.42. The first-order chi connectivity index (χ1) is 6.68. The molecule has 0 radical (unpaired) electrons. The highest BCUT2D eigenvalue weighted by atomic mass is 35.5. The number of alkyl halides is 2. The molecule has 4 heteroatoms. The molecule has 1 aromatic carbocycles. The van der Waals surface area contributed by atoms with Crippen LogP contribution >= 0.6 is 11.6 Å². The van der Waals surface area contributed by atoms with E-state index in [2.05, 4.69) is 5.32 Å². The molecule has 0 aromatic heterocycles. The maximum Gasteiger partial charge on any atom is 0.250 e. The van der Waals surface area contributed by atoms with Crippen molar-refractivity contribution in [2.75, 3.05) is 13.1 Å². The molecule has 0 bridgehead atoms. The Kier molecular flexibility index (Phi) is 4.84. The molecule has 0 aliphatic rings. The molecule has 1 rings (SSSR count). The van der Waals surface area contributed by atoms with E-state index in [1.807, 2.05) is 12.1 Å². The third-order valence-corrected chi connectivity index (χ3v) is 2.05. The summed E-state index contributed by atoms with van der Waals surface area (Å²) >= 11 is 5.70. The second kappa shape index (κ2) is 5.94. The second-order valence-electron chi connectivity index (χ2n) is 2.97. The fraction of sp³-hybridized carbons (Fsp3) is 0.400. The molecule has 0 aliphatic heterocycles. The predicted octanol–water partition coefficient (Wildman–Crippen LogP) is 2.74. The summed E-state index contributed by atoms with van der Waals surface area (Å²) in [5.74, 6) is 0. The molecule has 0 aliphatic carbocycles. The zero-order chi connectivity index (χ0) is 10.4. The van der Waals surface area contributed by atoms with Crippen molar-refractivity contribution in [1.82, 2.24) is 5.32 Å². The largest absolute Gasteiger partial charge is 0.311 e. The number of nitrogens with one attached hydrogen (secondary N) is 1. The minimum absolute atomic E-state index is 0.242. The van der Waals surface area contributed by atoms with Crippen molar-refractivity contribution in [3.05, 3.63) is 34.9 Å². The van der Waals surface area contributed by atoms with Gasteiger partial charge in [-0.3, -0.25) is 0 Å². The van der Waals surface area contributed by atoms with Crippen molar-refractivity contribution in [1.29, 1.82) is 0 Å². The van der Waals surface area contributed by atoms with Gasteiger partial charge in [-0.2, -0.15) is 0 Å². The van der Waals surface area contributed by atoms with Gasteiger partial charge in [0.15, 0.2) is 0 Å². The van der Waals surface area contributed by atoms with Crippen molar-refractivity contribution in [3.8, 4) is 0 Å². The van der Waals surface area contributed by atoms with E-state index in [4.69, 9.17) is 11.6 Å². The SMILES string of the molecule is FC(F)CNCCc1ccc(Cl)cc1. The molecule has 0 spiro atoms. The minimum atomic E-state index is -2.28. The number of hydrogen-bond acceptors (Lipinski definition) is 1. The van der Waals surface area contributed by atoms with Crippen LogP contribution in [0.3, 0.4) is 0 Å². The molecule has 0 saturated carbocycles. The standard InChI is InChI=1S/C10H12ClF2N/c11-9-3-1-8(2-4-9)5-6-14-7-10(12)13/h1-4,10,14H,5-7H2. The third kappa shape index (κ3) is 4.53. The van der Waals surface area contributed by atoms with Crippen LogP contribution < -0.4 is 5.32 Å². The average molecular weight is 220 g/mol. The van der Waals surface area contributed by atoms with Gasteiger partial charge < -0.3 is 5.32 Å². The summed E-state index contributed by atoms with van der Waals surface area (Å²) in [5.41, 5.74) is 1.09. The van der Waals surface area contributed by atoms with Gasteiger partial charge in [0.1, 0.15) is 0 Å². The first-order valence-corrected chi connectivity index (χ1v) is 4.79. The van der Waals surface area contributed by atoms with Gasteiger partial charge in [-0.05, 0) is 30.7 Å². The van der Waals surface area contributed by atoms with E-state index < -0.39 is 6.43 Å². The lowest BCUT2D eigenvalue weighted by Gasteiger charge is -2.03. The quantitative estimate of drug-likeness (QED) is 0.751. The summed E-state index contributed by atoms with van der Waals surface area (Å²) in [6.45, 7) is 0.319. The highest BCUT2D eigenvalue weighted by Crippen LogP contribution is 2.09. The number of halogens is 3. The molecule has 0 amide bonds. The van der Waals surface area contributed by atoms with Crippen LogP contribution in [-0.2, 0) is 6.42 Å². The van der Waals surface area contributed by atoms with E-state index >= 15 is 0 Å². The van der Waals surface area contributed by atoms with Crippen LogP contribution in [0, 0.1) is 0 Å². The van der Waals surface area contributed by atoms with Crippen LogP contribution in [0.25, 0.3) is 0 Å². The monoisotopic (exact) mass is 219 g/mol. The molecule has 0 unspecified atom stereocenters. The van der Waals surface area contributed by atoms with Gasteiger partial charge in [-0.1, -0.05) is 23.7 Å². The molecule has 0 atom stereocenters. The van der Waals surface area contributed by atoms with Gasteiger partial charge >= 0.3 is 0 Å². The Bertz CT molecular complexity index is 261. The van der Waals surface area contributed by atoms with Crippen molar-refractivity contribution in [3.63, 3.8) is 0 Å². The van der Waals surface area contributed by atoms with E-state index in [0.717, 1.165) is 12.0 Å². The Morgan fingerprint density at radius 1 is 1.21 bits per heavy atom. The van der Waals surface area contributed by atoms with Gasteiger partial charge in [0, 0.05) is 5.02 Å². The van der Waals surface area contributed by atoms with Gasteiger partial charge in [-0.25, -0.2) is 8.78 Å². The van der Waals surface area contributed by atoms with Gasteiger partial charge in [0.2, 0.25) is 0 Å². The predicted molar refractivity (Wildman–Crippen MR) is 54.0 cm³/mol. The van der Waals surface area contributed by atoms with Crippen LogP contribution in [0.4, 0.5) is 8.78 Å². The van der Waals surface area contributed by atoms with Gasteiger partial charge in [-0.15, -0.1) is 0 Å². The Hall–Kier alpha value is -0.670. The molecule has 1 aromatic rings.